The molecule has 0 bridgehead atoms. The number of hydrogen-bond acceptors (Lipinski definition) is 4. The van der Waals surface area contributed by atoms with Crippen LogP contribution in [-0.4, -0.2) is 23.2 Å². The highest BCUT2D eigenvalue weighted by molar-refractivity contribution is 9.10. The summed E-state index contributed by atoms with van der Waals surface area (Å²) in [5.74, 6) is 4.06. The smallest absolute Gasteiger partial charge is 0.163 e. The highest BCUT2D eigenvalue weighted by Crippen LogP contribution is 2.35. The van der Waals surface area contributed by atoms with Gasteiger partial charge >= 0.3 is 0 Å². The molecule has 0 amide bonds. The monoisotopic (exact) mass is 435 g/mol. The molecule has 1 N–H and O–H groups in total. The Labute approximate surface area is 172 Å². The largest absolute Gasteiger partial charge is 0.490 e. The number of allylic oxidation sites excluding steroid dienone is 1. The summed E-state index contributed by atoms with van der Waals surface area (Å²) in [6, 6.07) is 11.7. The molecule has 0 unspecified atom stereocenters. The second-order valence-corrected chi connectivity index (χ2v) is 6.88. The first kappa shape index (κ1) is 19.5. The van der Waals surface area contributed by atoms with Gasteiger partial charge in [0.05, 0.1) is 23.2 Å². The van der Waals surface area contributed by atoms with Crippen LogP contribution in [-0.2, 0) is 0 Å². The third-order valence-corrected chi connectivity index (χ3v) is 4.67. The summed E-state index contributed by atoms with van der Waals surface area (Å²) in [7, 11) is 0. The zero-order valence-electron chi connectivity index (χ0n) is 15.5. The number of nitrogens with one attached hydrogen (secondary N) is 1. The van der Waals surface area contributed by atoms with Crippen molar-refractivity contribution in [3.63, 3.8) is 0 Å². The number of fused-ring (bicyclic) bond motifs is 1. The average molecular weight is 436 g/mol. The molecule has 1 aromatic heterocycles. The predicted octanol–water partition coefficient (Wildman–Crippen LogP) is 5.11. The molecule has 0 aliphatic carbocycles. The lowest BCUT2D eigenvalue weighted by Gasteiger charge is -2.12. The van der Waals surface area contributed by atoms with Crippen LogP contribution in [0.4, 0.5) is 0 Å². The second-order valence-electron chi connectivity index (χ2n) is 6.02. The molecule has 28 heavy (non-hydrogen) atoms. The number of nitrogens with zero attached hydrogens (tertiary/aromatic N) is 2. The van der Waals surface area contributed by atoms with Crippen LogP contribution in [0.1, 0.15) is 23.9 Å². The van der Waals surface area contributed by atoms with Gasteiger partial charge < -0.3 is 14.5 Å². The Bertz CT molecular complexity index is 1130. The highest BCUT2D eigenvalue weighted by Gasteiger charge is 2.13. The molecular formula is C22H18BrN3O2. The van der Waals surface area contributed by atoms with Crippen molar-refractivity contribution in [1.82, 2.24) is 9.97 Å². The van der Waals surface area contributed by atoms with Crippen molar-refractivity contribution in [3.05, 3.63) is 51.8 Å². The summed E-state index contributed by atoms with van der Waals surface area (Å²) in [6.07, 6.45) is 7.03. The van der Waals surface area contributed by atoms with E-state index in [0.717, 1.165) is 26.6 Å². The molecule has 0 aliphatic heterocycles. The van der Waals surface area contributed by atoms with Gasteiger partial charge in [-0.25, -0.2) is 4.98 Å². The molecule has 0 aliphatic rings. The van der Waals surface area contributed by atoms with Gasteiger partial charge in [-0.05, 0) is 55.3 Å². The van der Waals surface area contributed by atoms with Crippen molar-refractivity contribution in [1.29, 1.82) is 5.26 Å². The number of aromatic nitrogens is 2. The molecule has 0 saturated carbocycles. The Morgan fingerprint density at radius 1 is 1.29 bits per heavy atom. The first-order chi connectivity index (χ1) is 13.5. The maximum absolute atomic E-state index is 9.68. The van der Waals surface area contributed by atoms with E-state index >= 15 is 0 Å². The molecule has 0 fully saturated rings. The summed E-state index contributed by atoms with van der Waals surface area (Å²) in [4.78, 5) is 7.74. The number of aryl methyl sites for hydroxylation is 1. The quantitative estimate of drug-likeness (QED) is 0.431. The molecule has 5 nitrogen and oxygen atoms in total. The Hall–Kier alpha value is -3.22. The van der Waals surface area contributed by atoms with Gasteiger partial charge in [-0.1, -0.05) is 27.9 Å². The lowest BCUT2D eigenvalue weighted by Crippen LogP contribution is -2.00. The fourth-order valence-corrected chi connectivity index (χ4v) is 3.16. The van der Waals surface area contributed by atoms with Crippen LogP contribution in [0.25, 0.3) is 22.7 Å². The lowest BCUT2D eigenvalue weighted by molar-refractivity contribution is 0.299. The SMILES string of the molecule is C#CCOc1cc(Br)c(C=C(C#N)c2nc3ccc(C)cc3[nH]2)cc1OCC. The number of imidazole rings is 1. The number of H-pyrrole nitrogens is 1. The highest BCUT2D eigenvalue weighted by atomic mass is 79.9. The number of benzene rings is 2. The summed E-state index contributed by atoms with van der Waals surface area (Å²) < 4.78 is 12.0. The Morgan fingerprint density at radius 3 is 2.79 bits per heavy atom. The van der Waals surface area contributed by atoms with Crippen molar-refractivity contribution in [2.75, 3.05) is 13.2 Å². The van der Waals surface area contributed by atoms with E-state index in [0.29, 0.717) is 29.5 Å². The van der Waals surface area contributed by atoms with Crippen molar-refractivity contribution in [2.45, 2.75) is 13.8 Å². The van der Waals surface area contributed by atoms with E-state index in [1.165, 1.54) is 0 Å². The van der Waals surface area contributed by atoms with E-state index in [-0.39, 0.29) is 6.61 Å². The third-order valence-electron chi connectivity index (χ3n) is 3.99. The zero-order valence-corrected chi connectivity index (χ0v) is 17.1. The van der Waals surface area contributed by atoms with Crippen LogP contribution < -0.4 is 9.47 Å². The van der Waals surface area contributed by atoms with Crippen LogP contribution in [0.15, 0.2) is 34.8 Å². The standard InChI is InChI=1S/C22H18BrN3O2/c1-4-8-28-21-12-17(23)15(11-20(21)27-5-2)10-16(13-24)22-25-18-7-6-14(3)9-19(18)26-22/h1,6-7,9-12H,5,8H2,2-3H3,(H,25,26). The molecule has 0 atom stereocenters. The molecule has 140 valence electrons. The van der Waals surface area contributed by atoms with Gasteiger partial charge in [0.2, 0.25) is 0 Å². The Balaban J connectivity index is 2.04. The van der Waals surface area contributed by atoms with Crippen LogP contribution in [0.5, 0.6) is 11.5 Å². The van der Waals surface area contributed by atoms with E-state index in [1.54, 1.807) is 12.1 Å². The third kappa shape index (κ3) is 4.19. The second kappa shape index (κ2) is 8.65. The van der Waals surface area contributed by atoms with E-state index in [2.05, 4.69) is 37.9 Å². The van der Waals surface area contributed by atoms with Crippen LogP contribution in [0, 0.1) is 30.6 Å². The molecule has 2 aromatic carbocycles. The number of ether oxygens (including phenoxy) is 2. The van der Waals surface area contributed by atoms with E-state index < -0.39 is 0 Å². The van der Waals surface area contributed by atoms with Gasteiger partial charge in [0.25, 0.3) is 0 Å². The first-order valence-corrected chi connectivity index (χ1v) is 9.46. The van der Waals surface area contributed by atoms with E-state index in [1.807, 2.05) is 38.1 Å². The maximum atomic E-state index is 9.68. The Kier molecular flexibility index (Phi) is 6.03. The van der Waals surface area contributed by atoms with Crippen LogP contribution in [0.2, 0.25) is 0 Å². The van der Waals surface area contributed by atoms with E-state index in [4.69, 9.17) is 15.9 Å². The van der Waals surface area contributed by atoms with Crippen molar-refractivity contribution in [3.8, 4) is 29.9 Å². The fraction of sp³-hybridized carbons (Fsp3) is 0.182. The minimum atomic E-state index is 0.142. The van der Waals surface area contributed by atoms with E-state index in [9.17, 15) is 5.26 Å². The van der Waals surface area contributed by atoms with Crippen LogP contribution in [0.3, 0.4) is 0 Å². The van der Waals surface area contributed by atoms with Crippen molar-refractivity contribution in [2.24, 2.45) is 0 Å². The number of aromatic amines is 1. The minimum absolute atomic E-state index is 0.142. The van der Waals surface area contributed by atoms with Gasteiger partial charge in [0.15, 0.2) is 11.5 Å². The molecular weight excluding hydrogens is 418 g/mol. The number of rotatable bonds is 6. The van der Waals surface area contributed by atoms with Gasteiger partial charge in [0.1, 0.15) is 18.5 Å². The average Bonchev–Trinajstić information content (AvgIpc) is 3.09. The molecule has 0 saturated heterocycles. The van der Waals surface area contributed by atoms with Crippen molar-refractivity contribution < 1.29 is 9.47 Å². The summed E-state index contributed by atoms with van der Waals surface area (Å²) in [6.45, 7) is 4.52. The van der Waals surface area contributed by atoms with Gasteiger partial charge in [-0.2, -0.15) is 5.26 Å². The summed E-state index contributed by atoms with van der Waals surface area (Å²) in [5.41, 5.74) is 4.01. The number of halogens is 1. The van der Waals surface area contributed by atoms with Gasteiger partial charge in [-0.3, -0.25) is 0 Å². The normalized spacial score (nSPS) is 11.1. The topological polar surface area (TPSA) is 70.9 Å². The number of hydrogen-bond donors (Lipinski definition) is 1. The molecule has 6 heteroatoms. The van der Waals surface area contributed by atoms with Gasteiger partial charge in [-0.15, -0.1) is 6.42 Å². The number of nitriles is 1. The maximum Gasteiger partial charge on any atom is 0.163 e. The summed E-state index contributed by atoms with van der Waals surface area (Å²) in [5, 5.41) is 9.68. The minimum Gasteiger partial charge on any atom is -0.490 e. The molecule has 3 rings (SSSR count). The molecule has 0 radical (unpaired) electrons. The van der Waals surface area contributed by atoms with Crippen molar-refractivity contribution >= 4 is 38.6 Å². The fourth-order valence-electron chi connectivity index (χ4n) is 2.72. The lowest BCUT2D eigenvalue weighted by atomic mass is 10.1. The zero-order chi connectivity index (χ0) is 20.1. The molecule has 0 spiro atoms. The number of terminal acetylenes is 1. The molecule has 3 aromatic rings. The van der Waals surface area contributed by atoms with Gasteiger partial charge in [0, 0.05) is 4.47 Å². The van der Waals surface area contributed by atoms with Crippen LogP contribution >= 0.6 is 15.9 Å². The predicted molar refractivity (Wildman–Crippen MR) is 114 cm³/mol. The first-order valence-electron chi connectivity index (χ1n) is 8.66. The molecule has 1 heterocycles. The Morgan fingerprint density at radius 2 is 2.07 bits per heavy atom. The summed E-state index contributed by atoms with van der Waals surface area (Å²) >= 11 is 3.53.